The minimum atomic E-state index is -0.707. The molecule has 1 amide bonds. The van der Waals surface area contributed by atoms with Gasteiger partial charge in [-0.15, -0.1) is 0 Å². The first-order valence-electron chi connectivity index (χ1n) is 5.26. The molecule has 1 radical (unpaired) electrons. The van der Waals surface area contributed by atoms with E-state index in [1.165, 1.54) is 0 Å². The fourth-order valence-corrected chi connectivity index (χ4v) is 2.53. The Hall–Kier alpha value is -1.00. The number of rotatable bonds is 4. The average molecular weight is 236 g/mol. The molecule has 4 heteroatoms. The van der Waals surface area contributed by atoms with Gasteiger partial charge in [-0.05, 0) is 23.2 Å². The lowest BCUT2D eigenvalue weighted by molar-refractivity contribution is -0.118. The van der Waals surface area contributed by atoms with Crippen molar-refractivity contribution in [3.63, 3.8) is 0 Å². The molecular weight excluding hydrogens is 222 g/mol. The van der Waals surface area contributed by atoms with Gasteiger partial charge in [-0.2, -0.15) is 0 Å². The fraction of sp³-hybridized carbons (Fsp3) is 0.333. The van der Waals surface area contributed by atoms with Gasteiger partial charge in [-0.25, -0.2) is 0 Å². The quantitative estimate of drug-likeness (QED) is 0.782. The molecule has 1 aromatic carbocycles. The summed E-state index contributed by atoms with van der Waals surface area (Å²) in [6, 6.07) is 9.95. The Labute approximate surface area is 98.4 Å². The highest BCUT2D eigenvalue weighted by Crippen LogP contribution is 2.10. The van der Waals surface area contributed by atoms with Gasteiger partial charge >= 0.3 is 0 Å². The van der Waals surface area contributed by atoms with Gasteiger partial charge in [0.2, 0.25) is 5.91 Å². The molecule has 0 saturated carbocycles. The summed E-state index contributed by atoms with van der Waals surface area (Å²) in [6.45, 7) is 0. The summed E-state index contributed by atoms with van der Waals surface area (Å²) in [4.78, 5) is 11.5. The Balaban J connectivity index is 1.68. The molecule has 0 unspecified atom stereocenters. The number of hydrogen-bond donors (Lipinski definition) is 1. The van der Waals surface area contributed by atoms with E-state index in [0.717, 1.165) is 5.56 Å². The van der Waals surface area contributed by atoms with E-state index in [1.807, 2.05) is 30.3 Å². The van der Waals surface area contributed by atoms with Crippen LogP contribution in [0, 0.1) is 6.42 Å². The van der Waals surface area contributed by atoms with E-state index in [4.69, 9.17) is 0 Å². The summed E-state index contributed by atoms with van der Waals surface area (Å²) >= 11 is -0.707. The van der Waals surface area contributed by atoms with E-state index >= 15 is 0 Å². The number of carbonyl (C=O) groups is 1. The minimum absolute atomic E-state index is 0.0643. The first kappa shape index (κ1) is 11.5. The molecule has 85 valence electrons. The zero-order valence-corrected chi connectivity index (χ0v) is 9.70. The van der Waals surface area contributed by atoms with E-state index in [-0.39, 0.29) is 11.9 Å². The van der Waals surface area contributed by atoms with Crippen LogP contribution in [0.3, 0.4) is 0 Å². The van der Waals surface area contributed by atoms with E-state index in [9.17, 15) is 9.35 Å². The van der Waals surface area contributed by atoms with Crippen molar-refractivity contribution < 1.29 is 9.35 Å². The third-order valence-corrected chi connectivity index (χ3v) is 4.03. The Morgan fingerprint density at radius 3 is 2.75 bits per heavy atom. The molecule has 0 aromatic heterocycles. The molecule has 0 atom stereocenters. The zero-order chi connectivity index (χ0) is 11.4. The Morgan fingerprint density at radius 2 is 2.12 bits per heavy atom. The van der Waals surface area contributed by atoms with Crippen LogP contribution in [-0.2, 0) is 22.4 Å². The molecular formula is C12H14NO2S. The first-order valence-corrected chi connectivity index (χ1v) is 6.75. The van der Waals surface area contributed by atoms with E-state index in [0.29, 0.717) is 17.9 Å². The van der Waals surface area contributed by atoms with Gasteiger partial charge in [0.05, 0.1) is 6.42 Å². The molecule has 1 aliphatic rings. The molecule has 1 N–H and O–H groups in total. The van der Waals surface area contributed by atoms with Crippen LogP contribution in [0.1, 0.15) is 5.56 Å². The maximum absolute atomic E-state index is 11.5. The number of nitrogens with one attached hydrogen (secondary N) is 1. The Morgan fingerprint density at radius 1 is 1.44 bits per heavy atom. The summed E-state index contributed by atoms with van der Waals surface area (Å²) < 4.78 is 10.8. The molecule has 16 heavy (non-hydrogen) atoms. The summed E-state index contributed by atoms with van der Waals surface area (Å²) in [5, 5.41) is 2.83. The standard InChI is InChI=1S/C12H14NO2S/c14-12(13-11-8-16(15)9-11)7-6-10-4-2-1-3-5-10/h1-5,7,11H,6,8-9H2,(H,13,14). The largest absolute Gasteiger partial charge is 0.616 e. The third-order valence-electron chi connectivity index (χ3n) is 2.49. The number of carbonyl (C=O) groups excluding carboxylic acids is 1. The van der Waals surface area contributed by atoms with Crippen LogP contribution in [0.4, 0.5) is 0 Å². The summed E-state index contributed by atoms with van der Waals surface area (Å²) in [7, 11) is 0. The van der Waals surface area contributed by atoms with Gasteiger partial charge in [-0.1, -0.05) is 30.3 Å². The minimum Gasteiger partial charge on any atom is -0.616 e. The van der Waals surface area contributed by atoms with Crippen LogP contribution in [0.25, 0.3) is 0 Å². The van der Waals surface area contributed by atoms with Gasteiger partial charge in [-0.3, -0.25) is 4.79 Å². The molecule has 1 saturated heterocycles. The van der Waals surface area contributed by atoms with Crippen molar-refractivity contribution >= 4 is 17.1 Å². The molecule has 1 fully saturated rings. The first-order chi connectivity index (χ1) is 7.74. The van der Waals surface area contributed by atoms with Crippen LogP contribution in [0.5, 0.6) is 0 Å². The van der Waals surface area contributed by atoms with Gasteiger partial charge < -0.3 is 9.87 Å². The molecule has 1 aromatic rings. The fourth-order valence-electron chi connectivity index (χ4n) is 1.57. The van der Waals surface area contributed by atoms with Crippen molar-refractivity contribution in [1.82, 2.24) is 5.32 Å². The summed E-state index contributed by atoms with van der Waals surface area (Å²) in [6.07, 6.45) is 2.28. The molecule has 0 aliphatic carbocycles. The number of benzene rings is 1. The molecule has 1 aliphatic heterocycles. The SMILES string of the molecule is O=C([CH]Cc1ccccc1)NC1C[S+]([O-])C1. The smallest absolute Gasteiger partial charge is 0.224 e. The van der Waals surface area contributed by atoms with Crippen molar-refractivity contribution in [2.24, 2.45) is 0 Å². The predicted molar refractivity (Wildman–Crippen MR) is 64.3 cm³/mol. The Kier molecular flexibility index (Phi) is 3.85. The highest BCUT2D eigenvalue weighted by atomic mass is 32.2. The van der Waals surface area contributed by atoms with Gasteiger partial charge in [0.15, 0.2) is 0 Å². The maximum Gasteiger partial charge on any atom is 0.224 e. The lowest BCUT2D eigenvalue weighted by atomic mass is 10.1. The molecule has 3 nitrogen and oxygen atoms in total. The van der Waals surface area contributed by atoms with Crippen molar-refractivity contribution in [2.45, 2.75) is 12.5 Å². The van der Waals surface area contributed by atoms with Gasteiger partial charge in [0.1, 0.15) is 17.5 Å². The molecule has 0 spiro atoms. The Bertz CT molecular complexity index is 349. The monoisotopic (exact) mass is 236 g/mol. The third kappa shape index (κ3) is 3.25. The van der Waals surface area contributed by atoms with Gasteiger partial charge in [0, 0.05) is 0 Å². The van der Waals surface area contributed by atoms with Crippen molar-refractivity contribution in [1.29, 1.82) is 0 Å². The van der Waals surface area contributed by atoms with E-state index in [1.54, 1.807) is 6.42 Å². The lowest BCUT2D eigenvalue weighted by Crippen LogP contribution is -2.53. The van der Waals surface area contributed by atoms with Crippen LogP contribution in [-0.4, -0.2) is 28.0 Å². The second-order valence-electron chi connectivity index (χ2n) is 3.87. The molecule has 2 rings (SSSR count). The lowest BCUT2D eigenvalue weighted by Gasteiger charge is -2.29. The number of amides is 1. The highest BCUT2D eigenvalue weighted by molar-refractivity contribution is 7.92. The van der Waals surface area contributed by atoms with Crippen LogP contribution in [0.15, 0.2) is 30.3 Å². The van der Waals surface area contributed by atoms with E-state index < -0.39 is 11.2 Å². The van der Waals surface area contributed by atoms with Crippen LogP contribution < -0.4 is 5.32 Å². The second-order valence-corrected chi connectivity index (χ2v) is 5.42. The maximum atomic E-state index is 11.5. The average Bonchev–Trinajstić information content (AvgIpc) is 2.26. The summed E-state index contributed by atoms with van der Waals surface area (Å²) in [5.74, 6) is 1.14. The predicted octanol–water partition coefficient (Wildman–Crippen LogP) is 0.680. The number of hydrogen-bond acceptors (Lipinski definition) is 2. The molecule has 1 heterocycles. The topological polar surface area (TPSA) is 52.2 Å². The van der Waals surface area contributed by atoms with Crippen LogP contribution in [0.2, 0.25) is 0 Å². The molecule has 0 bridgehead atoms. The van der Waals surface area contributed by atoms with Gasteiger partial charge in [0.25, 0.3) is 0 Å². The van der Waals surface area contributed by atoms with Crippen LogP contribution >= 0.6 is 0 Å². The van der Waals surface area contributed by atoms with E-state index in [2.05, 4.69) is 5.32 Å². The summed E-state index contributed by atoms with van der Waals surface area (Å²) in [5.41, 5.74) is 1.12. The van der Waals surface area contributed by atoms with Crippen molar-refractivity contribution in [2.75, 3.05) is 11.5 Å². The second kappa shape index (κ2) is 5.37. The van der Waals surface area contributed by atoms with Crippen molar-refractivity contribution in [3.05, 3.63) is 42.3 Å². The van der Waals surface area contributed by atoms with Crippen molar-refractivity contribution in [3.8, 4) is 0 Å². The normalized spacial score (nSPS) is 23.6. The zero-order valence-electron chi connectivity index (χ0n) is 8.89. The highest BCUT2D eigenvalue weighted by Gasteiger charge is 2.32.